The Labute approximate surface area is 194 Å². The van der Waals surface area contributed by atoms with E-state index in [0.717, 1.165) is 38.7 Å². The molecule has 0 bridgehead atoms. The third kappa shape index (κ3) is 5.28. The molecule has 7 heteroatoms. The summed E-state index contributed by atoms with van der Waals surface area (Å²) in [5, 5.41) is 3.80. The molecule has 1 atom stereocenters. The van der Waals surface area contributed by atoms with Gasteiger partial charge in [-0.25, -0.2) is 0 Å². The van der Waals surface area contributed by atoms with Gasteiger partial charge in [-0.3, -0.25) is 14.8 Å². The zero-order chi connectivity index (χ0) is 19.4. The van der Waals surface area contributed by atoms with Gasteiger partial charge in [-0.15, -0.1) is 24.0 Å². The minimum atomic E-state index is 0. The number of guanidine groups is 1. The monoisotopic (exact) mass is 517 g/mol. The van der Waals surface area contributed by atoms with Crippen molar-refractivity contribution in [3.8, 4) is 0 Å². The number of nitrogens with zero attached hydrogens (tertiary/aromatic N) is 4. The summed E-state index contributed by atoms with van der Waals surface area (Å²) in [5.74, 6) is 1.10. The standard InChI is InChI=1S/C22H39N5O.HI/c1-23-21(26-14-7-19(17-26)25-12-5-6-13-25)24-18-22(10-3-4-11-22)27-15-8-20(28-2)9-16-27;/h5-6,19-20H,3-4,7-18H2,1-2H3,(H,23,24);1H. The normalized spacial score (nSPS) is 28.8. The molecule has 1 aliphatic carbocycles. The highest BCUT2D eigenvalue weighted by molar-refractivity contribution is 14.0. The van der Waals surface area contributed by atoms with E-state index in [-0.39, 0.29) is 24.0 Å². The number of hydrogen-bond donors (Lipinski definition) is 1. The average molecular weight is 518 g/mol. The first-order valence-electron chi connectivity index (χ1n) is 11.4. The highest BCUT2D eigenvalue weighted by Crippen LogP contribution is 2.37. The van der Waals surface area contributed by atoms with Crippen LogP contribution in [0.3, 0.4) is 0 Å². The maximum Gasteiger partial charge on any atom is 0.193 e. The van der Waals surface area contributed by atoms with E-state index in [9.17, 15) is 0 Å². The molecule has 1 saturated carbocycles. The number of halogens is 1. The number of likely N-dealkylation sites (tertiary alicyclic amines) is 2. The van der Waals surface area contributed by atoms with Crippen molar-refractivity contribution in [3.05, 3.63) is 12.2 Å². The van der Waals surface area contributed by atoms with Crippen molar-refractivity contribution >= 4 is 29.9 Å². The summed E-state index contributed by atoms with van der Waals surface area (Å²) < 4.78 is 5.59. The Morgan fingerprint density at radius 3 is 2.41 bits per heavy atom. The Hall–Kier alpha value is -0.380. The molecule has 4 aliphatic rings. The van der Waals surface area contributed by atoms with Crippen LogP contribution in [0.2, 0.25) is 0 Å². The number of aliphatic imine (C=N–C) groups is 1. The zero-order valence-electron chi connectivity index (χ0n) is 18.3. The summed E-state index contributed by atoms with van der Waals surface area (Å²) in [6.45, 7) is 7.83. The van der Waals surface area contributed by atoms with Gasteiger partial charge in [0.15, 0.2) is 5.96 Å². The van der Waals surface area contributed by atoms with Gasteiger partial charge in [0.25, 0.3) is 0 Å². The van der Waals surface area contributed by atoms with Gasteiger partial charge in [0.1, 0.15) is 0 Å². The van der Waals surface area contributed by atoms with Crippen molar-refractivity contribution in [2.75, 3.05) is 60.0 Å². The molecule has 1 unspecified atom stereocenters. The van der Waals surface area contributed by atoms with Crippen LogP contribution in [-0.4, -0.2) is 98.3 Å². The summed E-state index contributed by atoms with van der Waals surface area (Å²) >= 11 is 0. The lowest BCUT2D eigenvalue weighted by Gasteiger charge is -2.45. The van der Waals surface area contributed by atoms with Gasteiger partial charge in [-0.2, -0.15) is 0 Å². The van der Waals surface area contributed by atoms with E-state index in [4.69, 9.17) is 4.74 Å². The smallest absolute Gasteiger partial charge is 0.193 e. The van der Waals surface area contributed by atoms with E-state index in [2.05, 4.69) is 37.2 Å². The van der Waals surface area contributed by atoms with Crippen LogP contribution >= 0.6 is 24.0 Å². The molecule has 2 saturated heterocycles. The summed E-state index contributed by atoms with van der Waals surface area (Å²) in [6.07, 6.45) is 14.0. The van der Waals surface area contributed by atoms with Crippen molar-refractivity contribution in [1.29, 1.82) is 0 Å². The largest absolute Gasteiger partial charge is 0.381 e. The van der Waals surface area contributed by atoms with Gasteiger partial charge in [-0.1, -0.05) is 25.0 Å². The predicted octanol–water partition coefficient (Wildman–Crippen LogP) is 2.55. The van der Waals surface area contributed by atoms with Crippen molar-refractivity contribution < 1.29 is 4.74 Å². The Morgan fingerprint density at radius 1 is 1.10 bits per heavy atom. The Bertz CT molecular complexity index is 562. The quantitative estimate of drug-likeness (QED) is 0.263. The van der Waals surface area contributed by atoms with Gasteiger partial charge in [0.05, 0.1) is 6.10 Å². The first kappa shape index (κ1) is 23.3. The van der Waals surface area contributed by atoms with Crippen LogP contribution in [0.1, 0.15) is 44.9 Å². The van der Waals surface area contributed by atoms with Gasteiger partial charge in [0, 0.05) is 71.6 Å². The van der Waals surface area contributed by atoms with Crippen molar-refractivity contribution in [1.82, 2.24) is 20.0 Å². The summed E-state index contributed by atoms with van der Waals surface area (Å²) in [6, 6.07) is 0.669. The van der Waals surface area contributed by atoms with Crippen molar-refractivity contribution in [2.24, 2.45) is 4.99 Å². The molecule has 3 aliphatic heterocycles. The third-order valence-electron chi connectivity index (χ3n) is 7.59. The van der Waals surface area contributed by atoms with E-state index in [0.29, 0.717) is 17.7 Å². The highest BCUT2D eigenvalue weighted by Gasteiger charge is 2.41. The summed E-state index contributed by atoms with van der Waals surface area (Å²) in [4.78, 5) is 12.5. The fourth-order valence-corrected chi connectivity index (χ4v) is 5.80. The number of rotatable bonds is 5. The number of ether oxygens (including phenoxy) is 1. The third-order valence-corrected chi connectivity index (χ3v) is 7.59. The van der Waals surface area contributed by atoms with Crippen LogP contribution in [-0.2, 0) is 4.74 Å². The van der Waals surface area contributed by atoms with E-state index >= 15 is 0 Å². The molecule has 0 spiro atoms. The number of nitrogens with one attached hydrogen (secondary N) is 1. The van der Waals surface area contributed by atoms with E-state index in [1.165, 1.54) is 58.0 Å². The Kier molecular flexibility index (Phi) is 8.65. The van der Waals surface area contributed by atoms with Crippen LogP contribution in [0.15, 0.2) is 17.1 Å². The molecule has 4 rings (SSSR count). The molecule has 0 radical (unpaired) electrons. The van der Waals surface area contributed by atoms with Gasteiger partial charge >= 0.3 is 0 Å². The predicted molar refractivity (Wildman–Crippen MR) is 130 cm³/mol. The molecule has 166 valence electrons. The molecule has 1 N–H and O–H groups in total. The average Bonchev–Trinajstić information content (AvgIpc) is 3.50. The second kappa shape index (κ2) is 10.8. The number of methoxy groups -OCH3 is 1. The fourth-order valence-electron chi connectivity index (χ4n) is 5.80. The molecular weight excluding hydrogens is 477 g/mol. The topological polar surface area (TPSA) is 43.3 Å². The maximum absolute atomic E-state index is 5.59. The molecule has 0 aromatic heterocycles. The molecule has 29 heavy (non-hydrogen) atoms. The molecule has 3 heterocycles. The van der Waals surface area contributed by atoms with Crippen LogP contribution in [0.25, 0.3) is 0 Å². The zero-order valence-corrected chi connectivity index (χ0v) is 20.6. The summed E-state index contributed by atoms with van der Waals surface area (Å²) in [7, 11) is 3.80. The first-order valence-corrected chi connectivity index (χ1v) is 11.4. The maximum atomic E-state index is 5.59. The van der Waals surface area contributed by atoms with Crippen LogP contribution < -0.4 is 5.32 Å². The van der Waals surface area contributed by atoms with Crippen molar-refractivity contribution in [2.45, 2.75) is 62.6 Å². The van der Waals surface area contributed by atoms with Crippen LogP contribution in [0.5, 0.6) is 0 Å². The highest BCUT2D eigenvalue weighted by atomic mass is 127. The second-order valence-electron chi connectivity index (χ2n) is 9.07. The second-order valence-corrected chi connectivity index (χ2v) is 9.07. The first-order chi connectivity index (χ1) is 13.7. The van der Waals surface area contributed by atoms with Crippen LogP contribution in [0, 0.1) is 0 Å². The van der Waals surface area contributed by atoms with Gasteiger partial charge < -0.3 is 15.0 Å². The minimum Gasteiger partial charge on any atom is -0.381 e. The molecule has 3 fully saturated rings. The Morgan fingerprint density at radius 2 is 1.79 bits per heavy atom. The van der Waals surface area contributed by atoms with Crippen molar-refractivity contribution in [3.63, 3.8) is 0 Å². The van der Waals surface area contributed by atoms with Gasteiger partial charge in [0.2, 0.25) is 0 Å². The lowest BCUT2D eigenvalue weighted by molar-refractivity contribution is -0.00177. The molecule has 0 aromatic rings. The SMILES string of the molecule is CN=C(NCC1(N2CCC(OC)CC2)CCCC1)N1CCC(N2CC=CC2)C1.I. The fraction of sp³-hybridized carbons (Fsp3) is 0.864. The number of hydrogen-bond acceptors (Lipinski definition) is 4. The van der Waals surface area contributed by atoms with Gasteiger partial charge in [-0.05, 0) is 32.1 Å². The molecule has 0 amide bonds. The number of piperidine rings is 1. The lowest BCUT2D eigenvalue weighted by atomic mass is 9.91. The molecule has 0 aromatic carbocycles. The van der Waals surface area contributed by atoms with E-state index < -0.39 is 0 Å². The molecule has 6 nitrogen and oxygen atoms in total. The van der Waals surface area contributed by atoms with Crippen LogP contribution in [0.4, 0.5) is 0 Å². The van der Waals surface area contributed by atoms with E-state index in [1.807, 2.05) is 14.2 Å². The lowest BCUT2D eigenvalue weighted by Crippen LogP contribution is -2.58. The summed E-state index contributed by atoms with van der Waals surface area (Å²) in [5.41, 5.74) is 0.312. The molecular formula is C22H40IN5O. The minimum absolute atomic E-state index is 0. The van der Waals surface area contributed by atoms with E-state index in [1.54, 1.807) is 0 Å². The Balaban J connectivity index is 0.00000240.